The van der Waals surface area contributed by atoms with Gasteiger partial charge in [-0.25, -0.2) is 0 Å². The minimum Gasteiger partial charge on any atom is -0.508 e. The van der Waals surface area contributed by atoms with E-state index in [1.165, 1.54) is 0 Å². The number of phenolic OH excluding ortho intramolecular Hbond substituents is 2. The fourth-order valence-electron chi connectivity index (χ4n) is 2.14. The van der Waals surface area contributed by atoms with Crippen LogP contribution in [-0.2, 0) is 5.41 Å². The SMILES string of the molecule is Cc1c(O)cc2cccc(C(C)(C)C)c2c1O. The third kappa shape index (κ3) is 1.84. The lowest BCUT2D eigenvalue weighted by molar-refractivity contribution is 0.447. The lowest BCUT2D eigenvalue weighted by Gasteiger charge is -2.22. The topological polar surface area (TPSA) is 40.5 Å². The van der Waals surface area contributed by atoms with Crippen LogP contribution < -0.4 is 0 Å². The molecule has 0 radical (unpaired) electrons. The highest BCUT2D eigenvalue weighted by Crippen LogP contribution is 2.40. The van der Waals surface area contributed by atoms with Crippen molar-refractivity contribution in [1.82, 2.24) is 0 Å². The molecular weight excluding hydrogens is 212 g/mol. The molecule has 2 rings (SSSR count). The Hall–Kier alpha value is -1.70. The zero-order chi connectivity index (χ0) is 12.8. The van der Waals surface area contributed by atoms with Crippen LogP contribution in [0.1, 0.15) is 31.9 Å². The number of fused-ring (bicyclic) bond motifs is 1. The lowest BCUT2D eigenvalue weighted by atomic mass is 9.83. The molecule has 2 nitrogen and oxygen atoms in total. The highest BCUT2D eigenvalue weighted by molar-refractivity contribution is 5.94. The molecule has 0 amide bonds. The third-order valence-corrected chi connectivity index (χ3v) is 3.17. The van der Waals surface area contributed by atoms with Crippen molar-refractivity contribution in [3.8, 4) is 11.5 Å². The van der Waals surface area contributed by atoms with E-state index in [0.29, 0.717) is 5.56 Å². The molecule has 0 aliphatic rings. The van der Waals surface area contributed by atoms with Crippen molar-refractivity contribution in [2.75, 3.05) is 0 Å². The van der Waals surface area contributed by atoms with Gasteiger partial charge in [0, 0.05) is 10.9 Å². The van der Waals surface area contributed by atoms with E-state index in [1.807, 2.05) is 18.2 Å². The normalized spacial score (nSPS) is 12.0. The van der Waals surface area contributed by atoms with Crippen LogP contribution in [0.3, 0.4) is 0 Å². The van der Waals surface area contributed by atoms with Gasteiger partial charge >= 0.3 is 0 Å². The summed E-state index contributed by atoms with van der Waals surface area (Å²) in [5, 5.41) is 21.7. The van der Waals surface area contributed by atoms with E-state index in [9.17, 15) is 10.2 Å². The summed E-state index contributed by atoms with van der Waals surface area (Å²) in [5.74, 6) is 0.326. The predicted octanol–water partition coefficient (Wildman–Crippen LogP) is 3.86. The van der Waals surface area contributed by atoms with Gasteiger partial charge in [-0.2, -0.15) is 0 Å². The van der Waals surface area contributed by atoms with E-state index < -0.39 is 0 Å². The first kappa shape index (κ1) is 11.8. The summed E-state index contributed by atoms with van der Waals surface area (Å²) in [6.45, 7) is 8.07. The molecule has 0 unspecified atom stereocenters. The molecule has 0 aliphatic carbocycles. The number of rotatable bonds is 0. The number of hydrogen-bond acceptors (Lipinski definition) is 2. The monoisotopic (exact) mass is 230 g/mol. The summed E-state index contributed by atoms with van der Waals surface area (Å²) < 4.78 is 0. The highest BCUT2D eigenvalue weighted by atomic mass is 16.3. The molecule has 0 saturated heterocycles. The van der Waals surface area contributed by atoms with E-state index in [-0.39, 0.29) is 16.9 Å². The molecule has 90 valence electrons. The van der Waals surface area contributed by atoms with Gasteiger partial charge in [-0.05, 0) is 29.4 Å². The zero-order valence-corrected chi connectivity index (χ0v) is 10.7. The molecule has 17 heavy (non-hydrogen) atoms. The minimum absolute atomic E-state index is 0.0413. The van der Waals surface area contributed by atoms with Crippen LogP contribution in [-0.4, -0.2) is 10.2 Å². The molecule has 0 saturated carbocycles. The van der Waals surface area contributed by atoms with Crippen LogP contribution in [0.15, 0.2) is 24.3 Å². The Bertz CT molecular complexity index is 577. The van der Waals surface area contributed by atoms with Crippen molar-refractivity contribution < 1.29 is 10.2 Å². The van der Waals surface area contributed by atoms with Gasteiger partial charge in [-0.15, -0.1) is 0 Å². The Labute approximate surface area is 102 Å². The Morgan fingerprint density at radius 3 is 2.29 bits per heavy atom. The second-order valence-electron chi connectivity index (χ2n) is 5.52. The molecule has 2 aromatic carbocycles. The molecule has 0 bridgehead atoms. The van der Waals surface area contributed by atoms with Gasteiger partial charge in [0.05, 0.1) is 0 Å². The summed E-state index contributed by atoms with van der Waals surface area (Å²) in [7, 11) is 0. The first-order valence-electron chi connectivity index (χ1n) is 5.77. The summed E-state index contributed by atoms with van der Waals surface area (Å²) in [4.78, 5) is 0. The number of phenols is 2. The van der Waals surface area contributed by atoms with Gasteiger partial charge in [0.15, 0.2) is 0 Å². The molecule has 2 heteroatoms. The predicted molar refractivity (Wildman–Crippen MR) is 70.7 cm³/mol. The van der Waals surface area contributed by atoms with Crippen LogP contribution in [0.5, 0.6) is 11.5 Å². The smallest absolute Gasteiger partial charge is 0.130 e. The Balaban J connectivity index is 2.94. The standard InChI is InChI=1S/C15H18O2/c1-9-12(16)8-10-6-5-7-11(15(2,3)4)13(10)14(9)17/h5-8,16-17H,1-4H3. The van der Waals surface area contributed by atoms with Gasteiger partial charge in [0.2, 0.25) is 0 Å². The maximum atomic E-state index is 10.2. The number of hydrogen-bond donors (Lipinski definition) is 2. The summed E-state index contributed by atoms with van der Waals surface area (Å²) in [5.41, 5.74) is 1.59. The van der Waals surface area contributed by atoms with Crippen LogP contribution >= 0.6 is 0 Å². The van der Waals surface area contributed by atoms with Crippen molar-refractivity contribution in [3.05, 3.63) is 35.4 Å². The van der Waals surface area contributed by atoms with Crippen molar-refractivity contribution in [3.63, 3.8) is 0 Å². The van der Waals surface area contributed by atoms with Crippen molar-refractivity contribution in [2.45, 2.75) is 33.1 Å². The molecule has 0 spiro atoms. The molecular formula is C15H18O2. The largest absolute Gasteiger partial charge is 0.508 e. The maximum Gasteiger partial charge on any atom is 0.130 e. The van der Waals surface area contributed by atoms with Crippen molar-refractivity contribution in [2.24, 2.45) is 0 Å². The van der Waals surface area contributed by atoms with Crippen LogP contribution in [0.25, 0.3) is 10.8 Å². The highest BCUT2D eigenvalue weighted by Gasteiger charge is 2.20. The van der Waals surface area contributed by atoms with Gasteiger partial charge in [-0.1, -0.05) is 39.0 Å². The maximum absolute atomic E-state index is 10.2. The molecule has 0 aromatic heterocycles. The van der Waals surface area contributed by atoms with Crippen LogP contribution in [0.4, 0.5) is 0 Å². The number of benzene rings is 2. The number of aromatic hydroxyl groups is 2. The molecule has 2 N–H and O–H groups in total. The Kier molecular flexibility index (Phi) is 2.53. The molecule has 0 atom stereocenters. The first-order valence-corrected chi connectivity index (χ1v) is 5.77. The second-order valence-corrected chi connectivity index (χ2v) is 5.52. The van der Waals surface area contributed by atoms with E-state index >= 15 is 0 Å². The lowest BCUT2D eigenvalue weighted by Crippen LogP contribution is -2.11. The first-order chi connectivity index (χ1) is 7.82. The molecule has 0 heterocycles. The van der Waals surface area contributed by atoms with Crippen molar-refractivity contribution >= 4 is 10.8 Å². The van der Waals surface area contributed by atoms with E-state index in [0.717, 1.165) is 16.3 Å². The Morgan fingerprint density at radius 2 is 1.71 bits per heavy atom. The molecule has 0 fully saturated rings. The average molecular weight is 230 g/mol. The van der Waals surface area contributed by atoms with Gasteiger partial charge < -0.3 is 10.2 Å². The van der Waals surface area contributed by atoms with Crippen LogP contribution in [0, 0.1) is 6.92 Å². The summed E-state index contributed by atoms with van der Waals surface area (Å²) in [6.07, 6.45) is 0. The molecule has 0 aliphatic heterocycles. The van der Waals surface area contributed by atoms with E-state index in [2.05, 4.69) is 20.8 Å². The van der Waals surface area contributed by atoms with E-state index in [4.69, 9.17) is 0 Å². The Morgan fingerprint density at radius 1 is 1.06 bits per heavy atom. The van der Waals surface area contributed by atoms with Crippen molar-refractivity contribution in [1.29, 1.82) is 0 Å². The average Bonchev–Trinajstić information content (AvgIpc) is 2.24. The zero-order valence-electron chi connectivity index (χ0n) is 10.7. The third-order valence-electron chi connectivity index (χ3n) is 3.17. The fourth-order valence-corrected chi connectivity index (χ4v) is 2.14. The summed E-state index contributed by atoms with van der Waals surface area (Å²) in [6, 6.07) is 7.60. The second kappa shape index (κ2) is 3.66. The van der Waals surface area contributed by atoms with E-state index in [1.54, 1.807) is 13.0 Å². The minimum atomic E-state index is -0.0413. The quantitative estimate of drug-likeness (QED) is 0.721. The molecule has 2 aromatic rings. The van der Waals surface area contributed by atoms with Crippen LogP contribution in [0.2, 0.25) is 0 Å². The summed E-state index contributed by atoms with van der Waals surface area (Å²) >= 11 is 0. The van der Waals surface area contributed by atoms with Gasteiger partial charge in [0.25, 0.3) is 0 Å². The van der Waals surface area contributed by atoms with Gasteiger partial charge in [0.1, 0.15) is 11.5 Å². The van der Waals surface area contributed by atoms with Gasteiger partial charge in [-0.3, -0.25) is 0 Å². The fraction of sp³-hybridized carbons (Fsp3) is 0.333.